The van der Waals surface area contributed by atoms with Gasteiger partial charge in [-0.2, -0.15) is 0 Å². The molecule has 0 aliphatic carbocycles. The van der Waals surface area contributed by atoms with E-state index < -0.39 is 0 Å². The highest BCUT2D eigenvalue weighted by Crippen LogP contribution is 2.12. The molecule has 0 spiro atoms. The Labute approximate surface area is 169 Å². The largest absolute Gasteiger partial charge is 0.484 e. The minimum atomic E-state index is -0.246. The smallest absolute Gasteiger partial charge is 0.258 e. The first-order valence-electron chi connectivity index (χ1n) is 8.46. The number of aliphatic hydroxyl groups excluding tert-OH is 1. The van der Waals surface area contributed by atoms with Crippen molar-refractivity contribution in [2.75, 3.05) is 32.8 Å². The lowest BCUT2D eigenvalue weighted by atomic mass is 10.1. The number of amides is 1. The number of hydrogen-bond donors (Lipinski definition) is 4. The third-order valence-corrected chi connectivity index (χ3v) is 3.13. The van der Waals surface area contributed by atoms with Gasteiger partial charge < -0.3 is 25.8 Å². The number of hydrogen-bond acceptors (Lipinski definition) is 5. The molecule has 1 amide bonds. The Morgan fingerprint density at radius 3 is 2.23 bits per heavy atom. The lowest BCUT2D eigenvalue weighted by Gasteiger charge is -2.20. The van der Waals surface area contributed by atoms with E-state index in [-0.39, 0.29) is 49.5 Å². The van der Waals surface area contributed by atoms with Gasteiger partial charge in [-0.1, -0.05) is 12.1 Å². The van der Waals surface area contributed by atoms with Crippen molar-refractivity contribution in [1.82, 2.24) is 16.0 Å². The highest BCUT2D eigenvalue weighted by Gasteiger charge is 2.13. The van der Waals surface area contributed by atoms with E-state index in [1.54, 1.807) is 0 Å². The fourth-order valence-corrected chi connectivity index (χ4v) is 2.08. The van der Waals surface area contributed by atoms with Crippen LogP contribution in [0.1, 0.15) is 32.8 Å². The van der Waals surface area contributed by atoms with Crippen molar-refractivity contribution in [1.29, 1.82) is 0 Å². The van der Waals surface area contributed by atoms with Crippen LogP contribution >= 0.6 is 24.8 Å². The summed E-state index contributed by atoms with van der Waals surface area (Å²) in [5.74, 6) is 0.569. The van der Waals surface area contributed by atoms with Crippen LogP contribution in [0.4, 0.5) is 0 Å². The molecule has 4 N–H and O–H groups in total. The van der Waals surface area contributed by atoms with Crippen molar-refractivity contribution < 1.29 is 14.6 Å². The summed E-state index contributed by atoms with van der Waals surface area (Å²) >= 11 is 0. The number of aliphatic hydroxyl groups is 1. The van der Waals surface area contributed by atoms with Crippen LogP contribution in [0.2, 0.25) is 0 Å². The molecule has 6 nitrogen and oxygen atoms in total. The number of carbonyl (C=O) groups excluding carboxylic acids is 1. The van der Waals surface area contributed by atoms with Gasteiger partial charge in [0, 0.05) is 18.6 Å². The molecule has 1 aromatic carbocycles. The first-order valence-corrected chi connectivity index (χ1v) is 8.46. The minimum absolute atomic E-state index is 0. The maximum atomic E-state index is 11.7. The Balaban J connectivity index is 0. The fraction of sp³-hybridized carbons (Fsp3) is 0.611. The van der Waals surface area contributed by atoms with Gasteiger partial charge in [0.2, 0.25) is 0 Å². The van der Waals surface area contributed by atoms with Gasteiger partial charge in [0.05, 0.1) is 6.61 Å². The molecule has 0 unspecified atom stereocenters. The minimum Gasteiger partial charge on any atom is -0.484 e. The van der Waals surface area contributed by atoms with E-state index in [2.05, 4.69) is 16.0 Å². The number of ether oxygens (including phenoxy) is 1. The number of halogens is 2. The molecule has 0 saturated heterocycles. The topological polar surface area (TPSA) is 82.6 Å². The van der Waals surface area contributed by atoms with Crippen LogP contribution in [-0.2, 0) is 11.3 Å². The quantitative estimate of drug-likeness (QED) is 0.419. The number of carbonyl (C=O) groups is 1. The Bertz CT molecular complexity index is 480. The SMILES string of the molecule is CC(C)(C)NC(=O)COc1ccc(CNCCCNCCO)cc1.Cl.Cl. The Hall–Kier alpha value is -1.05. The number of rotatable bonds is 11. The summed E-state index contributed by atoms with van der Waals surface area (Å²) in [4.78, 5) is 11.7. The second-order valence-electron chi connectivity index (χ2n) is 6.73. The molecule has 26 heavy (non-hydrogen) atoms. The molecule has 0 aliphatic heterocycles. The van der Waals surface area contributed by atoms with Crippen molar-refractivity contribution in [3.05, 3.63) is 29.8 Å². The van der Waals surface area contributed by atoms with Gasteiger partial charge in [-0.25, -0.2) is 0 Å². The van der Waals surface area contributed by atoms with Gasteiger partial charge in [-0.05, 0) is 58.0 Å². The Morgan fingerprint density at radius 1 is 1.04 bits per heavy atom. The van der Waals surface area contributed by atoms with Crippen LogP contribution in [0.25, 0.3) is 0 Å². The molecule has 0 fully saturated rings. The van der Waals surface area contributed by atoms with E-state index >= 15 is 0 Å². The fourth-order valence-electron chi connectivity index (χ4n) is 2.08. The maximum Gasteiger partial charge on any atom is 0.258 e. The van der Waals surface area contributed by atoms with Gasteiger partial charge in [0.1, 0.15) is 5.75 Å². The second kappa shape index (κ2) is 15.1. The molecule has 0 saturated carbocycles. The van der Waals surface area contributed by atoms with Gasteiger partial charge >= 0.3 is 0 Å². The molecule has 152 valence electrons. The highest BCUT2D eigenvalue weighted by molar-refractivity contribution is 5.85. The van der Waals surface area contributed by atoms with Gasteiger partial charge in [-0.3, -0.25) is 4.79 Å². The van der Waals surface area contributed by atoms with Crippen LogP contribution in [-0.4, -0.2) is 49.4 Å². The highest BCUT2D eigenvalue weighted by atomic mass is 35.5. The normalized spacial score (nSPS) is 10.5. The summed E-state index contributed by atoms with van der Waals surface area (Å²) in [7, 11) is 0. The zero-order chi connectivity index (χ0) is 17.8. The lowest BCUT2D eigenvalue weighted by Crippen LogP contribution is -2.43. The maximum absolute atomic E-state index is 11.7. The van der Waals surface area contributed by atoms with Crippen molar-refractivity contribution in [3.8, 4) is 5.75 Å². The molecule has 0 heterocycles. The zero-order valence-electron chi connectivity index (χ0n) is 15.8. The number of benzene rings is 1. The molecular formula is C18H33Cl2N3O3. The van der Waals surface area contributed by atoms with Gasteiger partial charge in [0.25, 0.3) is 5.91 Å². The Morgan fingerprint density at radius 2 is 1.65 bits per heavy atom. The zero-order valence-corrected chi connectivity index (χ0v) is 17.5. The predicted molar refractivity (Wildman–Crippen MR) is 111 cm³/mol. The Kier molecular flexibility index (Phi) is 15.7. The first-order chi connectivity index (χ1) is 11.4. The average molecular weight is 410 g/mol. The van der Waals surface area contributed by atoms with Crippen molar-refractivity contribution in [3.63, 3.8) is 0 Å². The second-order valence-corrected chi connectivity index (χ2v) is 6.73. The van der Waals surface area contributed by atoms with Crippen LogP contribution in [0.5, 0.6) is 5.75 Å². The molecule has 1 rings (SSSR count). The summed E-state index contributed by atoms with van der Waals surface area (Å²) < 4.78 is 5.49. The van der Waals surface area contributed by atoms with Crippen LogP contribution < -0.4 is 20.7 Å². The summed E-state index contributed by atoms with van der Waals surface area (Å²) in [6, 6.07) is 7.75. The van der Waals surface area contributed by atoms with Gasteiger partial charge in [-0.15, -0.1) is 24.8 Å². The molecule has 0 radical (unpaired) electrons. The molecule has 0 aromatic heterocycles. The summed E-state index contributed by atoms with van der Waals surface area (Å²) in [5.41, 5.74) is 0.925. The van der Waals surface area contributed by atoms with Crippen LogP contribution in [0.3, 0.4) is 0 Å². The first kappa shape index (κ1) is 27.2. The molecular weight excluding hydrogens is 377 g/mol. The third-order valence-electron chi connectivity index (χ3n) is 3.13. The van der Waals surface area contributed by atoms with E-state index in [1.807, 2.05) is 45.0 Å². The number of nitrogens with one attached hydrogen (secondary N) is 3. The summed E-state index contributed by atoms with van der Waals surface area (Å²) in [5, 5.41) is 18.0. The molecule has 0 atom stereocenters. The molecule has 0 aliphatic rings. The van der Waals surface area contributed by atoms with Crippen molar-refractivity contribution in [2.45, 2.75) is 39.3 Å². The molecule has 8 heteroatoms. The van der Waals surface area contributed by atoms with Gasteiger partial charge in [0.15, 0.2) is 6.61 Å². The van der Waals surface area contributed by atoms with Crippen LogP contribution in [0.15, 0.2) is 24.3 Å². The predicted octanol–water partition coefficient (Wildman–Crippen LogP) is 1.89. The van der Waals surface area contributed by atoms with Crippen molar-refractivity contribution >= 4 is 30.7 Å². The average Bonchev–Trinajstić information content (AvgIpc) is 2.51. The lowest BCUT2D eigenvalue weighted by molar-refractivity contribution is -0.124. The third kappa shape index (κ3) is 14.2. The van der Waals surface area contributed by atoms with Crippen molar-refractivity contribution in [2.24, 2.45) is 0 Å². The van der Waals surface area contributed by atoms with E-state index in [1.165, 1.54) is 5.56 Å². The van der Waals surface area contributed by atoms with Crippen LogP contribution in [0, 0.1) is 0 Å². The monoisotopic (exact) mass is 409 g/mol. The summed E-state index contributed by atoms with van der Waals surface area (Å²) in [6.45, 7) is 9.29. The van der Waals surface area contributed by atoms with E-state index in [0.29, 0.717) is 12.3 Å². The standard InChI is InChI=1S/C18H31N3O3.2ClH/c1-18(2,3)21-17(23)14-24-16-7-5-15(6-8-16)13-20-10-4-9-19-11-12-22;;/h5-8,19-20,22H,4,9-14H2,1-3H3,(H,21,23);2*1H. The van der Waals surface area contributed by atoms with E-state index in [0.717, 1.165) is 26.1 Å². The summed E-state index contributed by atoms with van der Waals surface area (Å²) in [6.07, 6.45) is 1.02. The molecule has 0 bridgehead atoms. The van der Waals surface area contributed by atoms with E-state index in [9.17, 15) is 4.79 Å². The van der Waals surface area contributed by atoms with E-state index in [4.69, 9.17) is 9.84 Å². The molecule has 1 aromatic rings.